The molecule has 0 saturated heterocycles. The maximum atomic E-state index is 11.7. The second-order valence-electron chi connectivity index (χ2n) is 5.24. The topological polar surface area (TPSA) is 84.9 Å². The molecular formula is C15H19NO5. The van der Waals surface area contributed by atoms with E-state index in [2.05, 4.69) is 5.32 Å². The van der Waals surface area contributed by atoms with Gasteiger partial charge in [-0.15, -0.1) is 0 Å². The first kappa shape index (κ1) is 16.6. The van der Waals surface area contributed by atoms with Gasteiger partial charge in [0, 0.05) is 0 Å². The molecule has 0 aromatic heterocycles. The van der Waals surface area contributed by atoms with Gasteiger partial charge in [-0.3, -0.25) is 10.1 Å². The van der Waals surface area contributed by atoms with Gasteiger partial charge in [-0.05, 0) is 44.5 Å². The van der Waals surface area contributed by atoms with Crippen LogP contribution < -0.4 is 10.1 Å². The summed E-state index contributed by atoms with van der Waals surface area (Å²) in [4.78, 5) is 22.1. The third-order valence-corrected chi connectivity index (χ3v) is 2.32. The van der Waals surface area contributed by atoms with Crippen LogP contribution in [-0.4, -0.2) is 30.2 Å². The standard InChI is InChI=1S/C15H19NO5/c1-15(2,3)21-14(19)16-11-8-10(6-5-7-17)9-12(20-4)13(11)18/h5-9,18H,1-4H3,(H,16,19)/b6-5+. The SMILES string of the molecule is COc1cc(/C=C/C=O)cc(NC(=O)OC(C)(C)C)c1O. The fraction of sp³-hybridized carbons (Fsp3) is 0.333. The highest BCUT2D eigenvalue weighted by Crippen LogP contribution is 2.36. The van der Waals surface area contributed by atoms with Gasteiger partial charge in [0.2, 0.25) is 0 Å². The highest BCUT2D eigenvalue weighted by Gasteiger charge is 2.18. The molecule has 1 aromatic rings. The number of amides is 1. The van der Waals surface area contributed by atoms with E-state index in [1.54, 1.807) is 20.8 Å². The Hall–Kier alpha value is -2.50. The van der Waals surface area contributed by atoms with Crippen LogP contribution in [0.3, 0.4) is 0 Å². The molecular weight excluding hydrogens is 274 g/mol. The molecule has 114 valence electrons. The molecule has 1 rings (SSSR count). The number of phenols is 1. The Balaban J connectivity index is 3.07. The minimum atomic E-state index is -0.698. The van der Waals surface area contributed by atoms with Gasteiger partial charge in [0.25, 0.3) is 0 Å². The van der Waals surface area contributed by atoms with E-state index < -0.39 is 11.7 Å². The van der Waals surface area contributed by atoms with Crippen LogP contribution in [0, 0.1) is 0 Å². The summed E-state index contributed by atoms with van der Waals surface area (Å²) in [5.41, 5.74) is 0.0655. The van der Waals surface area contributed by atoms with Crippen LogP contribution in [0.4, 0.5) is 10.5 Å². The monoisotopic (exact) mass is 293 g/mol. The third-order valence-electron chi connectivity index (χ3n) is 2.32. The third kappa shape index (κ3) is 5.18. The molecule has 21 heavy (non-hydrogen) atoms. The summed E-state index contributed by atoms with van der Waals surface area (Å²) in [6, 6.07) is 3.04. The van der Waals surface area contributed by atoms with Gasteiger partial charge in [-0.25, -0.2) is 4.79 Å². The van der Waals surface area contributed by atoms with Crippen LogP contribution in [0.1, 0.15) is 26.3 Å². The van der Waals surface area contributed by atoms with Crippen LogP contribution in [0.15, 0.2) is 18.2 Å². The molecule has 0 aliphatic carbocycles. The van der Waals surface area contributed by atoms with Crippen LogP contribution >= 0.6 is 0 Å². The van der Waals surface area contributed by atoms with Gasteiger partial charge in [-0.2, -0.15) is 0 Å². The van der Waals surface area contributed by atoms with E-state index >= 15 is 0 Å². The summed E-state index contributed by atoms with van der Waals surface area (Å²) in [5.74, 6) is -0.0410. The lowest BCUT2D eigenvalue weighted by Gasteiger charge is -2.20. The number of hydrogen-bond acceptors (Lipinski definition) is 5. The van der Waals surface area contributed by atoms with E-state index in [1.807, 2.05) is 0 Å². The van der Waals surface area contributed by atoms with Crippen LogP contribution in [-0.2, 0) is 9.53 Å². The molecule has 0 aliphatic heterocycles. The van der Waals surface area contributed by atoms with Gasteiger partial charge < -0.3 is 14.6 Å². The summed E-state index contributed by atoms with van der Waals surface area (Å²) in [7, 11) is 1.39. The molecule has 0 aliphatic rings. The number of ether oxygens (including phenoxy) is 2. The highest BCUT2D eigenvalue weighted by molar-refractivity contribution is 5.89. The van der Waals surface area contributed by atoms with Crippen molar-refractivity contribution in [1.29, 1.82) is 0 Å². The number of hydrogen-bond donors (Lipinski definition) is 2. The molecule has 0 radical (unpaired) electrons. The van der Waals surface area contributed by atoms with E-state index in [-0.39, 0.29) is 17.2 Å². The number of carbonyl (C=O) groups is 2. The minimum absolute atomic E-state index is 0.133. The zero-order valence-corrected chi connectivity index (χ0v) is 12.5. The number of nitrogens with one attached hydrogen (secondary N) is 1. The minimum Gasteiger partial charge on any atom is -0.503 e. The summed E-state index contributed by atoms with van der Waals surface area (Å²) < 4.78 is 10.1. The fourth-order valence-electron chi connectivity index (χ4n) is 1.54. The molecule has 0 spiro atoms. The number of benzene rings is 1. The molecule has 0 atom stereocenters. The Bertz CT molecular complexity index is 558. The first-order chi connectivity index (χ1) is 9.76. The van der Waals surface area contributed by atoms with Crippen molar-refractivity contribution in [2.24, 2.45) is 0 Å². The Morgan fingerprint density at radius 2 is 2.00 bits per heavy atom. The van der Waals surface area contributed by atoms with Gasteiger partial charge in [0.15, 0.2) is 11.5 Å². The first-order valence-electron chi connectivity index (χ1n) is 6.29. The van der Waals surface area contributed by atoms with E-state index in [1.165, 1.54) is 31.4 Å². The second-order valence-corrected chi connectivity index (χ2v) is 5.24. The van der Waals surface area contributed by atoms with E-state index in [4.69, 9.17) is 9.47 Å². The van der Waals surface area contributed by atoms with Crippen molar-refractivity contribution in [1.82, 2.24) is 0 Å². The normalized spacial score (nSPS) is 11.2. The van der Waals surface area contributed by atoms with E-state index in [9.17, 15) is 14.7 Å². The van der Waals surface area contributed by atoms with Crippen molar-refractivity contribution < 1.29 is 24.2 Å². The smallest absolute Gasteiger partial charge is 0.412 e. The van der Waals surface area contributed by atoms with Gasteiger partial charge in [-0.1, -0.05) is 6.08 Å². The first-order valence-corrected chi connectivity index (χ1v) is 6.29. The number of aromatic hydroxyl groups is 1. The lowest BCUT2D eigenvalue weighted by Crippen LogP contribution is -2.27. The van der Waals surface area contributed by atoms with Crippen molar-refractivity contribution in [3.8, 4) is 11.5 Å². The van der Waals surface area contributed by atoms with Crippen LogP contribution in [0.25, 0.3) is 6.08 Å². The lowest BCUT2D eigenvalue weighted by atomic mass is 10.1. The van der Waals surface area contributed by atoms with Crippen molar-refractivity contribution in [2.75, 3.05) is 12.4 Å². The molecule has 0 unspecified atom stereocenters. The summed E-state index contributed by atoms with van der Waals surface area (Å²) in [6.45, 7) is 5.20. The fourth-order valence-corrected chi connectivity index (χ4v) is 1.54. The van der Waals surface area contributed by atoms with Crippen LogP contribution in [0.2, 0.25) is 0 Å². The quantitative estimate of drug-likeness (QED) is 0.506. The zero-order chi connectivity index (χ0) is 16.0. The maximum absolute atomic E-state index is 11.7. The molecule has 0 fully saturated rings. The maximum Gasteiger partial charge on any atom is 0.412 e. The molecule has 2 N–H and O–H groups in total. The van der Waals surface area contributed by atoms with E-state index in [0.717, 1.165) is 0 Å². The Labute approximate surface area is 123 Å². The second kappa shape index (κ2) is 6.78. The molecule has 0 bridgehead atoms. The average Bonchev–Trinajstić information content (AvgIpc) is 2.37. The summed E-state index contributed by atoms with van der Waals surface area (Å²) in [5, 5.41) is 12.4. The zero-order valence-electron chi connectivity index (χ0n) is 12.5. The lowest BCUT2D eigenvalue weighted by molar-refractivity contribution is -0.104. The Kier molecular flexibility index (Phi) is 5.35. The van der Waals surface area contributed by atoms with Crippen molar-refractivity contribution in [3.63, 3.8) is 0 Å². The predicted molar refractivity (Wildman–Crippen MR) is 79.6 cm³/mol. The molecule has 0 heterocycles. The van der Waals surface area contributed by atoms with Crippen LogP contribution in [0.5, 0.6) is 11.5 Å². The largest absolute Gasteiger partial charge is 0.503 e. The van der Waals surface area contributed by atoms with Crippen molar-refractivity contribution >= 4 is 24.1 Å². The highest BCUT2D eigenvalue weighted by atomic mass is 16.6. The Morgan fingerprint density at radius 1 is 1.33 bits per heavy atom. The predicted octanol–water partition coefficient (Wildman–Crippen LogP) is 2.96. The van der Waals surface area contributed by atoms with Gasteiger partial charge >= 0.3 is 6.09 Å². The number of allylic oxidation sites excluding steroid dienone is 1. The summed E-state index contributed by atoms with van der Waals surface area (Å²) >= 11 is 0. The number of carbonyl (C=O) groups excluding carboxylic acids is 2. The van der Waals surface area contributed by atoms with E-state index in [0.29, 0.717) is 11.8 Å². The van der Waals surface area contributed by atoms with Gasteiger partial charge in [0.05, 0.1) is 12.8 Å². The molecule has 0 saturated carbocycles. The average molecular weight is 293 g/mol. The van der Waals surface area contributed by atoms with Crippen molar-refractivity contribution in [3.05, 3.63) is 23.8 Å². The molecule has 1 aromatic carbocycles. The molecule has 6 heteroatoms. The molecule has 1 amide bonds. The number of aldehydes is 1. The number of methoxy groups -OCH3 is 1. The molecule has 6 nitrogen and oxygen atoms in total. The number of rotatable bonds is 4. The Morgan fingerprint density at radius 3 is 2.52 bits per heavy atom. The van der Waals surface area contributed by atoms with Crippen molar-refractivity contribution in [2.45, 2.75) is 26.4 Å². The number of phenolic OH excluding ortho intramolecular Hbond substituents is 1. The summed E-state index contributed by atoms with van der Waals surface area (Å²) in [6.07, 6.45) is 2.75. The van der Waals surface area contributed by atoms with Gasteiger partial charge in [0.1, 0.15) is 11.9 Å². The number of anilines is 1.